The van der Waals surface area contributed by atoms with Crippen LogP contribution in [0.4, 0.5) is 0 Å². The number of aliphatic hydroxyl groups is 1. The summed E-state index contributed by atoms with van der Waals surface area (Å²) >= 11 is 0. The number of aliphatic hydroxyl groups excluding tert-OH is 1. The van der Waals surface area contributed by atoms with E-state index >= 15 is 0 Å². The molecule has 3 heteroatoms. The van der Waals surface area contributed by atoms with Crippen LogP contribution in [0.2, 0.25) is 0 Å². The van der Waals surface area contributed by atoms with Crippen LogP contribution in [0.25, 0.3) is 0 Å². The zero-order valence-electron chi connectivity index (χ0n) is 16.1. The molecule has 0 radical (unpaired) electrons. The maximum absolute atomic E-state index is 9.40. The predicted octanol–water partition coefficient (Wildman–Crippen LogP) is 6.22. The van der Waals surface area contributed by atoms with Gasteiger partial charge in [0.2, 0.25) is 0 Å². The van der Waals surface area contributed by atoms with Gasteiger partial charge in [-0.15, -0.1) is 0 Å². The minimum Gasteiger partial charge on any atom is -0.748 e. The van der Waals surface area contributed by atoms with Crippen LogP contribution in [0, 0.1) is 0 Å². The first kappa shape index (κ1) is 26.4. The summed E-state index contributed by atoms with van der Waals surface area (Å²) in [5, 5.41) is 9.40. The molecule has 1 unspecified atom stereocenters. The summed E-state index contributed by atoms with van der Waals surface area (Å²) in [6, 6.07) is 37.0. The molecule has 1 N–H and O–H groups in total. The molecule has 0 amide bonds. The van der Waals surface area contributed by atoms with Crippen LogP contribution >= 0.6 is 0 Å². The molecule has 0 aromatic heterocycles. The summed E-state index contributed by atoms with van der Waals surface area (Å²) < 4.78 is 0. The van der Waals surface area contributed by atoms with Gasteiger partial charge in [-0.2, -0.15) is 53.6 Å². The zero-order chi connectivity index (χ0) is 18.5. The van der Waals surface area contributed by atoms with E-state index in [0.717, 1.165) is 12.8 Å². The average Bonchev–Trinajstić information content (AvgIpc) is 3.48. The van der Waals surface area contributed by atoms with Crippen molar-refractivity contribution in [2.24, 2.45) is 0 Å². The molecule has 4 rings (SSSR count). The predicted molar refractivity (Wildman–Crippen MR) is 111 cm³/mol. The van der Waals surface area contributed by atoms with Crippen LogP contribution in [0.5, 0.6) is 0 Å². The van der Waals surface area contributed by atoms with E-state index < -0.39 is 0 Å². The summed E-state index contributed by atoms with van der Waals surface area (Å²) in [6.45, 7) is 1.85. The Morgan fingerprint density at radius 2 is 1.07 bits per heavy atom. The molecule has 0 saturated carbocycles. The van der Waals surface area contributed by atoms with Gasteiger partial charge in [-0.1, -0.05) is 12.3 Å². The second-order valence-corrected chi connectivity index (χ2v) is 6.34. The largest absolute Gasteiger partial charge is 0.748 e. The first-order chi connectivity index (χ1) is 12.8. The fourth-order valence-corrected chi connectivity index (χ4v) is 2.82. The van der Waals surface area contributed by atoms with Gasteiger partial charge in [0.15, 0.2) is 0 Å². The van der Waals surface area contributed by atoms with Gasteiger partial charge in [0.05, 0.1) is 6.10 Å². The van der Waals surface area contributed by atoms with E-state index in [9.17, 15) is 5.11 Å². The number of hydrogen-bond donors (Lipinski definition) is 1. The molecule has 28 heavy (non-hydrogen) atoms. The van der Waals surface area contributed by atoms with Crippen molar-refractivity contribution in [3.8, 4) is 0 Å². The molecule has 4 aromatic carbocycles. The third-order valence-corrected chi connectivity index (χ3v) is 4.17. The van der Waals surface area contributed by atoms with Gasteiger partial charge >= 0.3 is 0 Å². The number of hydrogen-bond acceptors (Lipinski definition) is 1. The summed E-state index contributed by atoms with van der Waals surface area (Å²) in [5.41, 5.74) is 2.71. The quantitative estimate of drug-likeness (QED) is 0.279. The Morgan fingerprint density at radius 1 is 0.679 bits per heavy atom. The number of rotatable bonds is 5. The van der Waals surface area contributed by atoms with Crippen molar-refractivity contribution in [1.29, 1.82) is 0 Å². The molecule has 4 aromatic rings. The first-order valence-corrected chi connectivity index (χ1v) is 9.22. The smallest absolute Gasteiger partial charge is 0.0511 e. The molecule has 0 aliphatic heterocycles. The summed E-state index contributed by atoms with van der Waals surface area (Å²) in [5.74, 6) is 0.430. The van der Waals surface area contributed by atoms with Gasteiger partial charge in [0.25, 0.3) is 0 Å². The van der Waals surface area contributed by atoms with Gasteiger partial charge in [-0.25, -0.2) is 36.4 Å². The molecule has 0 saturated heterocycles. The van der Waals surface area contributed by atoms with Crippen molar-refractivity contribution < 1.29 is 39.2 Å². The van der Waals surface area contributed by atoms with Crippen LogP contribution in [-0.4, -0.2) is 11.2 Å². The molecule has 0 bridgehead atoms. The Bertz CT molecular complexity index is 626. The SMILES string of the molecule is CC(O)CCC([c-]1cccc1)[c-]1cccc1.[Fe].[Fe].[cH-]1[cH-][cH-][cH-][cH-]1.c1cc[cH-]c1. The molecular formula is C25H28Fe2O-8. The molecule has 0 aliphatic rings. The van der Waals surface area contributed by atoms with Gasteiger partial charge in [-0.3, -0.25) is 0 Å². The zero-order valence-corrected chi connectivity index (χ0v) is 18.3. The van der Waals surface area contributed by atoms with Crippen LogP contribution in [0.15, 0.2) is 109 Å². The van der Waals surface area contributed by atoms with Gasteiger partial charge in [0.1, 0.15) is 0 Å². The van der Waals surface area contributed by atoms with Crippen molar-refractivity contribution in [3.63, 3.8) is 0 Å². The molecule has 0 spiro atoms. The van der Waals surface area contributed by atoms with E-state index in [1.54, 1.807) is 0 Å². The molecule has 1 nitrogen and oxygen atoms in total. The minimum atomic E-state index is -0.215. The summed E-state index contributed by atoms with van der Waals surface area (Å²) in [7, 11) is 0. The van der Waals surface area contributed by atoms with Crippen molar-refractivity contribution >= 4 is 0 Å². The Hall–Kier alpha value is -1.60. The van der Waals surface area contributed by atoms with E-state index in [2.05, 4.69) is 48.5 Å². The van der Waals surface area contributed by atoms with Crippen LogP contribution in [0.1, 0.15) is 36.8 Å². The second kappa shape index (κ2) is 16.4. The van der Waals surface area contributed by atoms with E-state index in [0.29, 0.717) is 5.92 Å². The Labute approximate surface area is 190 Å². The third kappa shape index (κ3) is 10.7. The molecule has 0 fully saturated rings. The van der Waals surface area contributed by atoms with Crippen LogP contribution in [-0.2, 0) is 34.1 Å². The standard InChI is InChI=1S/C15H18O.2C5H5.2Fe/c1-12(16)10-11-15(13-6-2-3-7-13)14-8-4-5-9-14;2*1-2-4-5-3-1;;/h2-9,12,15-16H,10-11H2,1H3;2*1-5H;;/q-2;-5;-1;;. The monoisotopic (exact) mass is 456 g/mol. The van der Waals surface area contributed by atoms with Gasteiger partial charge in [0, 0.05) is 34.1 Å². The van der Waals surface area contributed by atoms with E-state index in [-0.39, 0.29) is 40.2 Å². The van der Waals surface area contributed by atoms with Gasteiger partial charge < -0.3 is 35.4 Å². The topological polar surface area (TPSA) is 20.2 Å². The second-order valence-electron chi connectivity index (χ2n) is 6.34. The van der Waals surface area contributed by atoms with Crippen molar-refractivity contribution in [2.45, 2.75) is 31.8 Å². The van der Waals surface area contributed by atoms with E-state index in [1.807, 2.05) is 67.6 Å². The first-order valence-electron chi connectivity index (χ1n) is 9.22. The fraction of sp³-hybridized carbons (Fsp3) is 0.200. The van der Waals surface area contributed by atoms with Crippen molar-refractivity contribution in [1.82, 2.24) is 0 Å². The van der Waals surface area contributed by atoms with Crippen molar-refractivity contribution in [2.75, 3.05) is 0 Å². The maximum Gasteiger partial charge on any atom is 0.0511 e. The molecule has 1 atom stereocenters. The Balaban J connectivity index is 0.000000500. The van der Waals surface area contributed by atoms with Crippen LogP contribution < -0.4 is 0 Å². The van der Waals surface area contributed by atoms with E-state index in [4.69, 9.17) is 0 Å². The molecular weight excluding hydrogens is 428 g/mol. The summed E-state index contributed by atoms with van der Waals surface area (Å²) in [6.07, 6.45) is 1.64. The normalized spacial score (nSPS) is 10.4. The maximum atomic E-state index is 9.40. The molecule has 0 aliphatic carbocycles. The van der Waals surface area contributed by atoms with E-state index in [1.165, 1.54) is 11.1 Å². The summed E-state index contributed by atoms with van der Waals surface area (Å²) in [4.78, 5) is 0. The van der Waals surface area contributed by atoms with Gasteiger partial charge in [-0.05, 0) is 13.3 Å². The fourth-order valence-electron chi connectivity index (χ4n) is 2.82. The molecule has 0 heterocycles. The molecule has 158 valence electrons. The Kier molecular flexibility index (Phi) is 15.4. The Morgan fingerprint density at radius 3 is 1.36 bits per heavy atom. The third-order valence-electron chi connectivity index (χ3n) is 4.17. The average molecular weight is 456 g/mol. The minimum absolute atomic E-state index is 0. The van der Waals surface area contributed by atoms with Crippen molar-refractivity contribution in [3.05, 3.63) is 120 Å². The van der Waals surface area contributed by atoms with Crippen LogP contribution in [0.3, 0.4) is 0 Å².